The van der Waals surface area contributed by atoms with Gasteiger partial charge in [-0.2, -0.15) is 5.10 Å². The lowest BCUT2D eigenvalue weighted by Gasteiger charge is -2.20. The first-order chi connectivity index (χ1) is 6.94. The van der Waals surface area contributed by atoms with Gasteiger partial charge in [-0.15, -0.1) is 0 Å². The number of aromatic nitrogens is 3. The summed E-state index contributed by atoms with van der Waals surface area (Å²) in [4.78, 5) is 4.21. The molecule has 5 heteroatoms. The molecule has 0 radical (unpaired) electrons. The van der Waals surface area contributed by atoms with Crippen molar-refractivity contribution in [1.82, 2.24) is 14.8 Å². The van der Waals surface area contributed by atoms with Crippen LogP contribution in [-0.2, 0) is 6.54 Å². The van der Waals surface area contributed by atoms with Gasteiger partial charge in [-0.1, -0.05) is 0 Å². The Hall–Kier alpha value is -0.940. The Labute approximate surface area is 90.3 Å². The summed E-state index contributed by atoms with van der Waals surface area (Å²) in [7, 11) is 0. The van der Waals surface area contributed by atoms with Crippen LogP contribution < -0.4 is 5.73 Å². The second kappa shape index (κ2) is 4.72. The summed E-state index contributed by atoms with van der Waals surface area (Å²) in [6.45, 7) is 6.64. The van der Waals surface area contributed by atoms with E-state index in [-0.39, 0.29) is 0 Å². The van der Waals surface area contributed by atoms with Gasteiger partial charge in [0.1, 0.15) is 11.6 Å². The lowest BCUT2D eigenvalue weighted by atomic mass is 10.0. The molecule has 0 aliphatic carbocycles. The third kappa shape index (κ3) is 3.60. The first-order valence-corrected chi connectivity index (χ1v) is 5.25. The largest absolute Gasteiger partial charge is 0.389 e. The molecular weight excluding hydrogens is 192 g/mol. The zero-order valence-electron chi connectivity index (χ0n) is 9.69. The first-order valence-electron chi connectivity index (χ1n) is 5.25. The van der Waals surface area contributed by atoms with E-state index in [1.54, 1.807) is 6.92 Å². The number of rotatable bonds is 5. The molecule has 3 N–H and O–H groups in total. The molecule has 0 saturated heterocycles. The highest BCUT2D eigenvalue weighted by Gasteiger charge is 2.17. The fraction of sp³-hybridized carbons (Fsp3) is 0.800. The predicted octanol–water partition coefficient (Wildman–Crippen LogP) is 0.385. The molecule has 5 nitrogen and oxygen atoms in total. The molecule has 0 fully saturated rings. The van der Waals surface area contributed by atoms with Crippen LogP contribution >= 0.6 is 0 Å². The van der Waals surface area contributed by atoms with E-state index in [4.69, 9.17) is 5.73 Å². The molecule has 0 saturated carbocycles. The average Bonchev–Trinajstić information content (AvgIpc) is 2.45. The van der Waals surface area contributed by atoms with E-state index in [9.17, 15) is 5.11 Å². The Morgan fingerprint density at radius 3 is 2.60 bits per heavy atom. The topological polar surface area (TPSA) is 77.0 Å². The van der Waals surface area contributed by atoms with Crippen LogP contribution in [0, 0.1) is 13.8 Å². The molecule has 15 heavy (non-hydrogen) atoms. The summed E-state index contributed by atoms with van der Waals surface area (Å²) in [5.41, 5.74) is 4.67. The van der Waals surface area contributed by atoms with Gasteiger partial charge in [-0.25, -0.2) is 4.98 Å². The average molecular weight is 212 g/mol. The van der Waals surface area contributed by atoms with Crippen LogP contribution in [0.2, 0.25) is 0 Å². The van der Waals surface area contributed by atoms with Crippen molar-refractivity contribution in [2.24, 2.45) is 5.73 Å². The maximum Gasteiger partial charge on any atom is 0.147 e. The zero-order chi connectivity index (χ0) is 11.5. The Bertz CT molecular complexity index is 319. The molecule has 0 aromatic carbocycles. The summed E-state index contributed by atoms with van der Waals surface area (Å²) < 4.78 is 1.86. The van der Waals surface area contributed by atoms with Crippen molar-refractivity contribution in [1.29, 1.82) is 0 Å². The summed E-state index contributed by atoms with van der Waals surface area (Å²) in [6, 6.07) is 0. The Kier molecular flexibility index (Phi) is 3.82. The minimum atomic E-state index is -0.760. The minimum Gasteiger partial charge on any atom is -0.389 e. The van der Waals surface area contributed by atoms with Gasteiger partial charge in [0.05, 0.1) is 5.60 Å². The number of aliphatic hydroxyl groups is 1. The maximum atomic E-state index is 9.71. The number of nitrogens with zero attached hydrogens (tertiary/aromatic N) is 3. The van der Waals surface area contributed by atoms with Crippen molar-refractivity contribution in [3.63, 3.8) is 0 Å². The van der Waals surface area contributed by atoms with Gasteiger partial charge in [-0.3, -0.25) is 4.68 Å². The zero-order valence-corrected chi connectivity index (χ0v) is 9.69. The minimum absolute atomic E-state index is 0.294. The number of hydrogen-bond donors (Lipinski definition) is 2. The molecule has 86 valence electrons. The van der Waals surface area contributed by atoms with Crippen molar-refractivity contribution in [2.75, 3.05) is 6.54 Å². The quantitative estimate of drug-likeness (QED) is 0.740. The van der Waals surface area contributed by atoms with E-state index >= 15 is 0 Å². The predicted molar refractivity (Wildman–Crippen MR) is 58.4 cm³/mol. The van der Waals surface area contributed by atoms with E-state index in [2.05, 4.69) is 10.1 Å². The number of nitrogens with two attached hydrogens (primary N) is 1. The summed E-state index contributed by atoms with van der Waals surface area (Å²) in [5, 5.41) is 14.0. The third-order valence-electron chi connectivity index (χ3n) is 2.49. The van der Waals surface area contributed by atoms with E-state index in [1.807, 2.05) is 18.5 Å². The second-order valence-corrected chi connectivity index (χ2v) is 4.23. The molecule has 0 amide bonds. The lowest BCUT2D eigenvalue weighted by molar-refractivity contribution is 0.0563. The molecule has 1 aromatic rings. The third-order valence-corrected chi connectivity index (χ3v) is 2.49. The summed E-state index contributed by atoms with van der Waals surface area (Å²) in [5.74, 6) is 1.71. The molecule has 1 unspecified atom stereocenters. The van der Waals surface area contributed by atoms with Gasteiger partial charge in [0, 0.05) is 13.1 Å². The van der Waals surface area contributed by atoms with Crippen molar-refractivity contribution >= 4 is 0 Å². The fourth-order valence-corrected chi connectivity index (χ4v) is 1.48. The highest BCUT2D eigenvalue weighted by molar-refractivity contribution is 4.87. The van der Waals surface area contributed by atoms with Crippen molar-refractivity contribution in [2.45, 2.75) is 45.8 Å². The molecular formula is C10H20N4O. The van der Waals surface area contributed by atoms with E-state index in [1.165, 1.54) is 0 Å². The molecule has 1 heterocycles. The van der Waals surface area contributed by atoms with Gasteiger partial charge in [0.15, 0.2) is 0 Å². The SMILES string of the molecule is Cc1nc(C)n(CCCC(C)(O)CN)n1. The normalized spacial score (nSPS) is 15.3. The standard InChI is InChI=1S/C10H20N4O/c1-8-12-9(2)14(13-8)6-4-5-10(3,15)7-11/h15H,4-7,11H2,1-3H3. The first kappa shape index (κ1) is 12.1. The Morgan fingerprint density at radius 2 is 2.13 bits per heavy atom. The van der Waals surface area contributed by atoms with Crippen molar-refractivity contribution in [3.05, 3.63) is 11.6 Å². The van der Waals surface area contributed by atoms with E-state index < -0.39 is 5.60 Å². The molecule has 1 atom stereocenters. The van der Waals surface area contributed by atoms with Crippen molar-refractivity contribution < 1.29 is 5.11 Å². The molecule has 1 rings (SSSR count). The van der Waals surface area contributed by atoms with Crippen LogP contribution in [0.5, 0.6) is 0 Å². The van der Waals surface area contributed by atoms with Gasteiger partial charge in [-0.05, 0) is 33.6 Å². The highest BCUT2D eigenvalue weighted by atomic mass is 16.3. The molecule has 0 aliphatic rings. The van der Waals surface area contributed by atoms with Crippen LogP contribution in [0.25, 0.3) is 0 Å². The summed E-state index contributed by atoms with van der Waals surface area (Å²) in [6.07, 6.45) is 1.54. The smallest absolute Gasteiger partial charge is 0.147 e. The van der Waals surface area contributed by atoms with E-state index in [0.29, 0.717) is 13.0 Å². The fourth-order valence-electron chi connectivity index (χ4n) is 1.48. The van der Waals surface area contributed by atoms with Gasteiger partial charge in [0.25, 0.3) is 0 Å². The van der Waals surface area contributed by atoms with Crippen LogP contribution in [0.1, 0.15) is 31.4 Å². The molecule has 0 spiro atoms. The number of aryl methyl sites for hydroxylation is 3. The molecule has 0 aliphatic heterocycles. The highest BCUT2D eigenvalue weighted by Crippen LogP contribution is 2.11. The van der Waals surface area contributed by atoms with Crippen LogP contribution in [0.4, 0.5) is 0 Å². The monoisotopic (exact) mass is 212 g/mol. The van der Waals surface area contributed by atoms with Gasteiger partial charge in [0.2, 0.25) is 0 Å². The maximum absolute atomic E-state index is 9.71. The van der Waals surface area contributed by atoms with Crippen molar-refractivity contribution in [3.8, 4) is 0 Å². The molecule has 0 bridgehead atoms. The lowest BCUT2D eigenvalue weighted by Crippen LogP contribution is -2.34. The van der Waals surface area contributed by atoms with Crippen LogP contribution in [0.15, 0.2) is 0 Å². The number of hydrogen-bond acceptors (Lipinski definition) is 4. The Morgan fingerprint density at radius 1 is 1.47 bits per heavy atom. The van der Waals surface area contributed by atoms with Crippen LogP contribution in [0.3, 0.4) is 0 Å². The van der Waals surface area contributed by atoms with E-state index in [0.717, 1.165) is 24.6 Å². The van der Waals surface area contributed by atoms with Gasteiger partial charge >= 0.3 is 0 Å². The summed E-state index contributed by atoms with van der Waals surface area (Å²) >= 11 is 0. The van der Waals surface area contributed by atoms with Crippen LogP contribution in [-0.4, -0.2) is 32.0 Å². The Balaban J connectivity index is 2.41. The van der Waals surface area contributed by atoms with Gasteiger partial charge < -0.3 is 10.8 Å². The second-order valence-electron chi connectivity index (χ2n) is 4.23. The molecule has 1 aromatic heterocycles.